The van der Waals surface area contributed by atoms with Crippen LogP contribution in [0, 0.1) is 0 Å². The summed E-state index contributed by atoms with van der Waals surface area (Å²) in [5.74, 6) is 0.922. The van der Waals surface area contributed by atoms with E-state index in [4.69, 9.17) is 0 Å². The maximum atomic E-state index is 4.61. The van der Waals surface area contributed by atoms with Crippen LogP contribution < -0.4 is 5.32 Å². The van der Waals surface area contributed by atoms with E-state index in [0.717, 1.165) is 23.5 Å². The number of aromatic nitrogens is 2. The van der Waals surface area contributed by atoms with E-state index in [-0.39, 0.29) is 5.54 Å². The Morgan fingerprint density at radius 2 is 1.94 bits per heavy atom. The molecule has 0 aliphatic carbocycles. The zero-order valence-corrected chi connectivity index (χ0v) is 11.9. The molecule has 1 N–H and O–H groups in total. The highest BCUT2D eigenvalue weighted by atomic mass is 15.2. The first kappa shape index (κ1) is 12.9. The number of nitrogens with zero attached hydrogens (tertiary/aromatic N) is 3. The van der Waals surface area contributed by atoms with Crippen LogP contribution in [-0.2, 0) is 7.05 Å². The highest BCUT2D eigenvalue weighted by Gasteiger charge is 2.20. The van der Waals surface area contributed by atoms with Crippen LogP contribution in [0.1, 0.15) is 13.8 Å². The van der Waals surface area contributed by atoms with Crippen molar-refractivity contribution >= 4 is 17.0 Å². The number of anilines is 1. The minimum atomic E-state index is 0.0954. The lowest BCUT2D eigenvalue weighted by Gasteiger charge is -2.32. The van der Waals surface area contributed by atoms with Gasteiger partial charge in [-0.2, -0.15) is 0 Å². The third kappa shape index (κ3) is 2.34. The number of benzene rings is 1. The van der Waals surface area contributed by atoms with Crippen LogP contribution in [0.2, 0.25) is 0 Å². The molecule has 18 heavy (non-hydrogen) atoms. The molecule has 1 aromatic heterocycles. The van der Waals surface area contributed by atoms with Crippen molar-refractivity contribution in [3.8, 4) is 0 Å². The Morgan fingerprint density at radius 3 is 2.56 bits per heavy atom. The molecule has 0 amide bonds. The molecule has 0 bridgehead atoms. The van der Waals surface area contributed by atoms with Crippen LogP contribution in [0.15, 0.2) is 24.3 Å². The van der Waals surface area contributed by atoms with Crippen molar-refractivity contribution in [1.82, 2.24) is 14.5 Å². The maximum absolute atomic E-state index is 4.61. The molecule has 0 atom stereocenters. The molecular weight excluding hydrogens is 224 g/mol. The minimum absolute atomic E-state index is 0.0954. The molecule has 0 unspecified atom stereocenters. The van der Waals surface area contributed by atoms with E-state index in [2.05, 4.69) is 53.8 Å². The van der Waals surface area contributed by atoms with E-state index < -0.39 is 0 Å². The fraction of sp³-hybridized carbons (Fsp3) is 0.500. The molecule has 2 rings (SSSR count). The smallest absolute Gasteiger partial charge is 0.203 e. The van der Waals surface area contributed by atoms with E-state index in [1.165, 1.54) is 0 Å². The van der Waals surface area contributed by atoms with Gasteiger partial charge < -0.3 is 14.8 Å². The molecule has 0 spiro atoms. The molecule has 0 saturated heterocycles. The first-order valence-corrected chi connectivity index (χ1v) is 6.24. The Bertz CT molecular complexity index is 540. The number of aryl methyl sites for hydroxylation is 1. The van der Waals surface area contributed by atoms with Crippen molar-refractivity contribution < 1.29 is 0 Å². The average molecular weight is 246 g/mol. The van der Waals surface area contributed by atoms with Crippen LogP contribution in [0.3, 0.4) is 0 Å². The summed E-state index contributed by atoms with van der Waals surface area (Å²) in [5, 5.41) is 3.43. The highest BCUT2D eigenvalue weighted by Crippen LogP contribution is 2.19. The highest BCUT2D eigenvalue weighted by molar-refractivity contribution is 5.78. The summed E-state index contributed by atoms with van der Waals surface area (Å²) < 4.78 is 2.10. The lowest BCUT2D eigenvalue weighted by Crippen LogP contribution is -2.44. The standard InChI is InChI=1S/C14H22N4/c1-14(2,17(3)4)10-15-13-16-11-8-6-7-9-12(11)18(13)5/h6-9H,10H2,1-5H3,(H,15,16). The molecule has 0 aliphatic heterocycles. The molecule has 0 fully saturated rings. The van der Waals surface area contributed by atoms with Crippen molar-refractivity contribution in [2.75, 3.05) is 26.0 Å². The van der Waals surface area contributed by atoms with Gasteiger partial charge in [0.25, 0.3) is 0 Å². The average Bonchev–Trinajstić information content (AvgIpc) is 2.64. The van der Waals surface area contributed by atoms with Gasteiger partial charge in [-0.25, -0.2) is 4.98 Å². The molecule has 0 aliphatic rings. The number of nitrogens with one attached hydrogen (secondary N) is 1. The van der Waals surface area contributed by atoms with E-state index in [0.29, 0.717) is 0 Å². The second kappa shape index (κ2) is 4.61. The molecular formula is C14H22N4. The number of likely N-dealkylation sites (N-methyl/N-ethyl adjacent to an activating group) is 1. The largest absolute Gasteiger partial charge is 0.354 e. The van der Waals surface area contributed by atoms with Crippen LogP contribution in [0.5, 0.6) is 0 Å². The number of para-hydroxylation sites is 2. The van der Waals surface area contributed by atoms with Crippen molar-refractivity contribution in [2.24, 2.45) is 7.05 Å². The fourth-order valence-corrected chi connectivity index (χ4v) is 1.76. The number of hydrogen-bond acceptors (Lipinski definition) is 3. The van der Waals surface area contributed by atoms with Crippen LogP contribution >= 0.6 is 0 Å². The SMILES string of the molecule is CN(C)C(C)(C)CNc1nc2ccccc2n1C. The molecule has 4 heteroatoms. The zero-order valence-electron chi connectivity index (χ0n) is 11.9. The van der Waals surface area contributed by atoms with Gasteiger partial charge in [-0.05, 0) is 40.1 Å². The number of rotatable bonds is 4. The van der Waals surface area contributed by atoms with Gasteiger partial charge >= 0.3 is 0 Å². The van der Waals surface area contributed by atoms with Crippen LogP contribution in [0.25, 0.3) is 11.0 Å². The summed E-state index contributed by atoms with van der Waals surface area (Å²) in [6.45, 7) is 5.28. The van der Waals surface area contributed by atoms with E-state index >= 15 is 0 Å². The molecule has 1 heterocycles. The molecule has 2 aromatic rings. The summed E-state index contributed by atoms with van der Waals surface area (Å²) in [6, 6.07) is 8.18. The van der Waals surface area contributed by atoms with Crippen LogP contribution in [-0.4, -0.2) is 40.6 Å². The first-order valence-electron chi connectivity index (χ1n) is 6.24. The molecule has 0 saturated carbocycles. The number of imidazole rings is 1. The molecule has 4 nitrogen and oxygen atoms in total. The van der Waals surface area contributed by atoms with E-state index in [9.17, 15) is 0 Å². The second-order valence-corrected chi connectivity index (χ2v) is 5.54. The molecule has 1 aromatic carbocycles. The second-order valence-electron chi connectivity index (χ2n) is 5.54. The summed E-state index contributed by atoms with van der Waals surface area (Å²) in [4.78, 5) is 6.82. The number of fused-ring (bicyclic) bond motifs is 1. The Balaban J connectivity index is 2.20. The van der Waals surface area contributed by atoms with Gasteiger partial charge in [-0.1, -0.05) is 12.1 Å². The summed E-state index contributed by atoms with van der Waals surface area (Å²) in [6.07, 6.45) is 0. The predicted octanol–water partition coefficient (Wildman–Crippen LogP) is 2.33. The fourth-order valence-electron chi connectivity index (χ4n) is 1.76. The Morgan fingerprint density at radius 1 is 1.28 bits per heavy atom. The maximum Gasteiger partial charge on any atom is 0.203 e. The van der Waals surface area contributed by atoms with Gasteiger partial charge in [0.2, 0.25) is 5.95 Å². The quantitative estimate of drug-likeness (QED) is 0.899. The summed E-state index contributed by atoms with van der Waals surface area (Å²) >= 11 is 0. The zero-order chi connectivity index (χ0) is 13.3. The Labute approximate surface area is 109 Å². The van der Waals surface area contributed by atoms with E-state index in [1.54, 1.807) is 0 Å². The van der Waals surface area contributed by atoms with E-state index in [1.807, 2.05) is 25.2 Å². The molecule has 98 valence electrons. The van der Waals surface area contributed by atoms with Gasteiger partial charge in [-0.15, -0.1) is 0 Å². The lowest BCUT2D eigenvalue weighted by atomic mass is 10.1. The third-order valence-electron chi connectivity index (χ3n) is 3.68. The Hall–Kier alpha value is -1.55. The van der Waals surface area contributed by atoms with Gasteiger partial charge in [0.15, 0.2) is 0 Å². The normalized spacial score (nSPS) is 12.3. The Kier molecular flexibility index (Phi) is 3.30. The first-order chi connectivity index (χ1) is 8.42. The van der Waals surface area contributed by atoms with Crippen molar-refractivity contribution in [3.63, 3.8) is 0 Å². The summed E-state index contributed by atoms with van der Waals surface area (Å²) in [7, 11) is 6.23. The topological polar surface area (TPSA) is 33.1 Å². The van der Waals surface area contributed by atoms with Gasteiger partial charge in [0.05, 0.1) is 11.0 Å². The minimum Gasteiger partial charge on any atom is -0.354 e. The lowest BCUT2D eigenvalue weighted by molar-refractivity contribution is 0.209. The van der Waals surface area contributed by atoms with Gasteiger partial charge in [-0.3, -0.25) is 0 Å². The van der Waals surface area contributed by atoms with Crippen molar-refractivity contribution in [2.45, 2.75) is 19.4 Å². The summed E-state index contributed by atoms with van der Waals surface area (Å²) in [5.41, 5.74) is 2.28. The molecule has 0 radical (unpaired) electrons. The van der Waals surface area contributed by atoms with Gasteiger partial charge in [0, 0.05) is 19.1 Å². The predicted molar refractivity (Wildman–Crippen MR) is 77.0 cm³/mol. The monoisotopic (exact) mass is 246 g/mol. The van der Waals surface area contributed by atoms with Crippen LogP contribution in [0.4, 0.5) is 5.95 Å². The third-order valence-corrected chi connectivity index (χ3v) is 3.68. The van der Waals surface area contributed by atoms with Crippen molar-refractivity contribution in [1.29, 1.82) is 0 Å². The number of hydrogen-bond donors (Lipinski definition) is 1. The van der Waals surface area contributed by atoms with Gasteiger partial charge in [0.1, 0.15) is 0 Å². The van der Waals surface area contributed by atoms with Crippen molar-refractivity contribution in [3.05, 3.63) is 24.3 Å².